The van der Waals surface area contributed by atoms with Crippen molar-refractivity contribution in [2.24, 2.45) is 39.9 Å². The number of hydrogen-bond donors (Lipinski definition) is 0. The summed E-state index contributed by atoms with van der Waals surface area (Å²) in [5, 5.41) is 0. The van der Waals surface area contributed by atoms with Crippen LogP contribution in [-0.2, 0) is 0 Å². The van der Waals surface area contributed by atoms with Crippen LogP contribution in [-0.4, -0.2) is 262 Å². The Balaban J connectivity index is 0.000000152. The standard InChI is InChI=1S/C15H30N2.2C13H26N2.C13H25N.2C12H24N2/c1-13(2)16-9-5-15(6-10-16)7-11-17(12-8-15)14(3)4;2*1-11(2)14-7-5-13(6-8-14)9-15(10-13)12(3)4;1-9(2)11-7-12-5-6-13(8-11)14(12)10(3)4;1-9(2)13-5-11-7-14(10(3)4)8-12(11)6-13;1-9(2)13-7-11-5-6-12(8-13)14(11)10(3)4/h13-14H,5-12H2,1-4H3;2*11-12H,5-10H2,1-4H3;9-13H,5-8H2,1-4H3;2*9-12H,5-8H2,1-4H3. The van der Waals surface area contributed by atoms with Crippen LogP contribution in [0.1, 0.15) is 256 Å². The molecule has 3 spiro atoms. The van der Waals surface area contributed by atoms with Gasteiger partial charge in [0.15, 0.2) is 0 Å². The molecule has 522 valence electrons. The van der Waals surface area contributed by atoms with E-state index in [4.69, 9.17) is 0 Å². The molecule has 0 aromatic rings. The number of piperidine rings is 5. The third-order valence-electron chi connectivity index (χ3n) is 26.2. The summed E-state index contributed by atoms with van der Waals surface area (Å²) in [5.41, 5.74) is 2.11. The van der Waals surface area contributed by atoms with Gasteiger partial charge in [0.2, 0.25) is 0 Å². The molecule has 0 aliphatic carbocycles. The summed E-state index contributed by atoms with van der Waals surface area (Å²) in [7, 11) is 0. The summed E-state index contributed by atoms with van der Waals surface area (Å²) in [5.74, 6) is 3.81. The van der Waals surface area contributed by atoms with Crippen LogP contribution in [0.15, 0.2) is 0 Å². The highest BCUT2D eigenvalue weighted by molar-refractivity contribution is 5.03. The van der Waals surface area contributed by atoms with Crippen LogP contribution < -0.4 is 0 Å². The van der Waals surface area contributed by atoms with Gasteiger partial charge in [-0.2, -0.15) is 0 Å². The van der Waals surface area contributed by atoms with Crippen LogP contribution in [0.5, 0.6) is 0 Å². The summed E-state index contributed by atoms with van der Waals surface area (Å²) >= 11 is 0. The fourth-order valence-corrected chi connectivity index (χ4v) is 19.3. The molecule has 0 N–H and O–H groups in total. The third kappa shape index (κ3) is 20.3. The smallest absolute Gasteiger partial charge is 0.0230 e. The molecule has 89 heavy (non-hydrogen) atoms. The lowest BCUT2D eigenvalue weighted by molar-refractivity contribution is -0.0662. The lowest BCUT2D eigenvalue weighted by Gasteiger charge is -2.56. The van der Waals surface area contributed by atoms with Crippen LogP contribution in [0.3, 0.4) is 0 Å². The average Bonchev–Trinajstić information content (AvgIpc) is 2.01. The molecule has 0 radical (unpaired) electrons. The Morgan fingerprint density at radius 2 is 0.461 bits per heavy atom. The molecule has 12 saturated heterocycles. The second kappa shape index (κ2) is 33.7. The summed E-state index contributed by atoms with van der Waals surface area (Å²) < 4.78 is 0. The van der Waals surface area contributed by atoms with E-state index in [0.717, 1.165) is 114 Å². The first-order chi connectivity index (χ1) is 41.8. The number of likely N-dealkylation sites (tertiary alicyclic amines) is 9. The highest BCUT2D eigenvalue weighted by atomic mass is 15.3. The van der Waals surface area contributed by atoms with E-state index < -0.39 is 0 Å². The maximum Gasteiger partial charge on any atom is 0.0230 e. The van der Waals surface area contributed by atoms with E-state index in [0.29, 0.717) is 16.2 Å². The Labute approximate surface area is 555 Å². The Bertz CT molecular complexity index is 1780. The first kappa shape index (κ1) is 75.9. The topological polar surface area (TPSA) is 35.6 Å². The van der Waals surface area contributed by atoms with Crippen molar-refractivity contribution < 1.29 is 0 Å². The minimum Gasteiger partial charge on any atom is -0.301 e. The molecule has 4 bridgehead atoms. The van der Waals surface area contributed by atoms with E-state index in [2.05, 4.69) is 220 Å². The lowest BCUT2D eigenvalue weighted by Crippen LogP contribution is -2.62. The summed E-state index contributed by atoms with van der Waals surface area (Å²) in [6.07, 6.45) is 20.2. The largest absolute Gasteiger partial charge is 0.301 e. The molecule has 4 unspecified atom stereocenters. The number of fused-ring (bicyclic) bond motifs is 5. The first-order valence-corrected chi connectivity index (χ1v) is 39.0. The van der Waals surface area contributed by atoms with Gasteiger partial charge in [-0.15, -0.1) is 0 Å². The van der Waals surface area contributed by atoms with Gasteiger partial charge in [0, 0.05) is 156 Å². The van der Waals surface area contributed by atoms with Crippen LogP contribution in [0.4, 0.5) is 0 Å². The first-order valence-electron chi connectivity index (χ1n) is 39.0. The van der Waals surface area contributed by atoms with Crippen molar-refractivity contribution in [1.82, 2.24) is 53.9 Å². The molecule has 11 heteroatoms. The normalized spacial score (nSPS) is 31.5. The Morgan fingerprint density at radius 3 is 0.697 bits per heavy atom. The molecule has 0 amide bonds. The molecular weight excluding hydrogens is 1090 g/mol. The maximum absolute atomic E-state index is 2.79. The minimum atomic E-state index is 0.704. The summed E-state index contributed by atoms with van der Waals surface area (Å²) in [6.45, 7) is 80.0. The molecule has 11 nitrogen and oxygen atoms in total. The van der Waals surface area contributed by atoms with E-state index >= 15 is 0 Å². The second-order valence-electron chi connectivity index (χ2n) is 36.0. The maximum atomic E-state index is 2.79. The van der Waals surface area contributed by atoms with E-state index in [1.54, 1.807) is 0 Å². The van der Waals surface area contributed by atoms with Gasteiger partial charge in [-0.3, -0.25) is 24.5 Å². The highest BCUT2D eigenvalue weighted by Crippen LogP contribution is 2.46. The summed E-state index contributed by atoms with van der Waals surface area (Å²) in [4.78, 5) is 29.3. The van der Waals surface area contributed by atoms with E-state index in [1.807, 2.05) is 0 Å². The Kier molecular flexibility index (Phi) is 28.7. The van der Waals surface area contributed by atoms with Gasteiger partial charge in [0.25, 0.3) is 0 Å². The number of rotatable bonds is 12. The molecule has 0 aromatic carbocycles. The van der Waals surface area contributed by atoms with Crippen molar-refractivity contribution in [3.63, 3.8) is 0 Å². The fraction of sp³-hybridized carbons (Fsp3) is 1.00. The summed E-state index contributed by atoms with van der Waals surface area (Å²) in [6, 6.07) is 11.7. The van der Waals surface area contributed by atoms with Crippen molar-refractivity contribution in [2.75, 3.05) is 118 Å². The molecule has 12 rings (SSSR count). The van der Waals surface area contributed by atoms with E-state index in [-0.39, 0.29) is 0 Å². The minimum absolute atomic E-state index is 0.704. The van der Waals surface area contributed by atoms with Crippen LogP contribution >= 0.6 is 0 Å². The highest BCUT2D eigenvalue weighted by Gasteiger charge is 2.48. The average molecular weight is 1250 g/mol. The predicted molar refractivity (Wildman–Crippen MR) is 387 cm³/mol. The van der Waals surface area contributed by atoms with Gasteiger partial charge in [-0.25, -0.2) is 0 Å². The zero-order chi connectivity index (χ0) is 65.4. The molecule has 12 aliphatic heterocycles. The molecule has 0 aromatic heterocycles. The van der Waals surface area contributed by atoms with Crippen molar-refractivity contribution in [3.05, 3.63) is 0 Å². The van der Waals surface area contributed by atoms with Gasteiger partial charge in [-0.1, -0.05) is 13.8 Å². The molecule has 12 aliphatic rings. The SMILES string of the molecule is CC(C)C1CC2CCC(C1)N2C(C)C.CC(C)N1CC2CCC(C1)N2C(C)C.CC(C)N1CC2CN(C(C)C)CC2C1.CC(C)N1CCC2(CC1)CCN(C(C)C)CC2.CC(C)N1CCC2(CC1)CN(C(C)C)C2.CC(C)N1CCC2(CC1)CN(C(C)C)C2. The number of nitrogens with zero attached hydrogens (tertiary/aromatic N) is 11. The molecule has 4 atom stereocenters. The quantitative estimate of drug-likeness (QED) is 0.188. The van der Waals surface area contributed by atoms with Crippen molar-refractivity contribution >= 4 is 0 Å². The fourth-order valence-electron chi connectivity index (χ4n) is 19.3. The van der Waals surface area contributed by atoms with E-state index in [1.165, 1.54) is 208 Å². The molecule has 12 heterocycles. The van der Waals surface area contributed by atoms with E-state index in [9.17, 15) is 0 Å². The van der Waals surface area contributed by atoms with Crippen LogP contribution in [0.2, 0.25) is 0 Å². The van der Waals surface area contributed by atoms with Crippen LogP contribution in [0.25, 0.3) is 0 Å². The van der Waals surface area contributed by atoms with Gasteiger partial charge < -0.3 is 29.4 Å². The second-order valence-corrected chi connectivity index (χ2v) is 36.0. The van der Waals surface area contributed by atoms with Gasteiger partial charge in [0.1, 0.15) is 0 Å². The number of hydrogen-bond acceptors (Lipinski definition) is 11. The molecular formula is C78H155N11. The van der Waals surface area contributed by atoms with Crippen molar-refractivity contribution in [3.8, 4) is 0 Å². The Hall–Kier alpha value is -0.440. The Morgan fingerprint density at radius 1 is 0.236 bits per heavy atom. The molecule has 12 fully saturated rings. The van der Waals surface area contributed by atoms with Crippen molar-refractivity contribution in [1.29, 1.82) is 0 Å². The van der Waals surface area contributed by atoms with Crippen molar-refractivity contribution in [2.45, 2.75) is 347 Å². The van der Waals surface area contributed by atoms with Gasteiger partial charge in [-0.05, 0) is 334 Å². The lowest BCUT2D eigenvalue weighted by atomic mass is 9.71. The van der Waals surface area contributed by atoms with Gasteiger partial charge >= 0.3 is 0 Å². The van der Waals surface area contributed by atoms with Crippen LogP contribution in [0, 0.1) is 39.9 Å². The molecule has 0 saturated carbocycles. The zero-order valence-electron chi connectivity index (χ0n) is 64.0. The monoisotopic (exact) mass is 1250 g/mol. The van der Waals surface area contributed by atoms with Gasteiger partial charge in [0.05, 0.1) is 0 Å². The zero-order valence-corrected chi connectivity index (χ0v) is 64.0. The number of piperazine rings is 1. The third-order valence-corrected chi connectivity index (χ3v) is 26.2. The predicted octanol–water partition coefficient (Wildman–Crippen LogP) is 14.3.